The van der Waals surface area contributed by atoms with E-state index in [4.69, 9.17) is 10.8 Å². The minimum Gasteiger partial charge on any atom is -0.383 e. The first-order valence-corrected chi connectivity index (χ1v) is 14.0. The molecule has 1 saturated heterocycles. The molecule has 0 aliphatic carbocycles. The first-order valence-electron chi connectivity index (χ1n) is 13.1. The summed E-state index contributed by atoms with van der Waals surface area (Å²) in [5, 5.41) is 12.9. The van der Waals surface area contributed by atoms with E-state index in [-0.39, 0.29) is 17.9 Å². The van der Waals surface area contributed by atoms with E-state index in [0.717, 1.165) is 46.1 Å². The molecule has 200 valence electrons. The molecule has 2 amide bonds. The molecule has 1 atom stereocenters. The monoisotopic (exact) mass is 548 g/mol. The van der Waals surface area contributed by atoms with Crippen LogP contribution in [0.1, 0.15) is 29.2 Å². The summed E-state index contributed by atoms with van der Waals surface area (Å²) in [6, 6.07) is 18.7. The molecule has 0 bridgehead atoms. The van der Waals surface area contributed by atoms with E-state index >= 15 is 0 Å². The second-order valence-corrected chi connectivity index (χ2v) is 10.5. The number of carbonyl (C=O) groups excluding carboxylic acids is 2. The van der Waals surface area contributed by atoms with E-state index in [1.54, 1.807) is 29.7 Å². The lowest BCUT2D eigenvalue weighted by atomic mass is 10.0. The van der Waals surface area contributed by atoms with Gasteiger partial charge in [0, 0.05) is 41.7 Å². The lowest BCUT2D eigenvalue weighted by molar-refractivity contribution is -0.127. The Morgan fingerprint density at radius 2 is 1.88 bits per heavy atom. The summed E-state index contributed by atoms with van der Waals surface area (Å²) in [4.78, 5) is 31.7. The van der Waals surface area contributed by atoms with Gasteiger partial charge in [-0.3, -0.25) is 14.3 Å². The fourth-order valence-corrected chi connectivity index (χ4v) is 5.93. The number of hydrogen-bond donors (Lipinski definition) is 2. The van der Waals surface area contributed by atoms with Crippen LogP contribution in [-0.4, -0.2) is 44.6 Å². The predicted octanol–water partition coefficient (Wildman–Crippen LogP) is 6.01. The molecule has 3 aromatic heterocycles. The first kappa shape index (κ1) is 25.5. The number of nitrogens with one attached hydrogen (secondary N) is 1. The van der Waals surface area contributed by atoms with Crippen molar-refractivity contribution in [1.82, 2.24) is 19.7 Å². The molecule has 0 radical (unpaired) electrons. The number of nitrogen functional groups attached to an aromatic ring is 1. The van der Waals surface area contributed by atoms with Crippen LogP contribution < -0.4 is 11.1 Å². The number of anilines is 2. The van der Waals surface area contributed by atoms with E-state index < -0.39 is 0 Å². The van der Waals surface area contributed by atoms with Crippen LogP contribution in [0.2, 0.25) is 0 Å². The van der Waals surface area contributed by atoms with Gasteiger partial charge in [-0.25, -0.2) is 4.98 Å². The molecule has 8 nitrogen and oxygen atoms in total. The summed E-state index contributed by atoms with van der Waals surface area (Å²) < 4.78 is 2.02. The molecule has 4 heterocycles. The Kier molecular flexibility index (Phi) is 6.88. The summed E-state index contributed by atoms with van der Waals surface area (Å²) in [6.07, 6.45) is 4.90. The number of piperidine rings is 1. The molecule has 1 unspecified atom stereocenters. The fourth-order valence-electron chi connectivity index (χ4n) is 5.28. The Balaban J connectivity index is 1.44. The number of amides is 2. The molecule has 1 fully saturated rings. The van der Waals surface area contributed by atoms with Crippen molar-refractivity contribution < 1.29 is 9.59 Å². The zero-order chi connectivity index (χ0) is 27.6. The Morgan fingerprint density at radius 3 is 2.60 bits per heavy atom. The first-order chi connectivity index (χ1) is 19.5. The summed E-state index contributed by atoms with van der Waals surface area (Å²) >= 11 is 1.61. The number of thiophene rings is 1. The minimum atomic E-state index is -0.191. The van der Waals surface area contributed by atoms with E-state index in [2.05, 4.69) is 28.3 Å². The van der Waals surface area contributed by atoms with Crippen molar-refractivity contribution in [2.24, 2.45) is 0 Å². The Morgan fingerprint density at radius 1 is 1.07 bits per heavy atom. The van der Waals surface area contributed by atoms with Crippen molar-refractivity contribution in [3.8, 4) is 22.4 Å². The van der Waals surface area contributed by atoms with Crippen LogP contribution in [0.15, 0.2) is 90.3 Å². The second-order valence-electron chi connectivity index (χ2n) is 9.77. The molecular weight excluding hydrogens is 520 g/mol. The van der Waals surface area contributed by atoms with Crippen LogP contribution in [0.3, 0.4) is 0 Å². The highest BCUT2D eigenvalue weighted by molar-refractivity contribution is 7.08. The maximum Gasteiger partial charge on any atom is 0.255 e. The molecule has 1 aliphatic rings. The highest BCUT2D eigenvalue weighted by Gasteiger charge is 2.29. The number of hydrogen-bond acceptors (Lipinski definition) is 6. The van der Waals surface area contributed by atoms with Gasteiger partial charge in [-0.1, -0.05) is 36.9 Å². The highest BCUT2D eigenvalue weighted by atomic mass is 32.1. The topological polar surface area (TPSA) is 106 Å². The average Bonchev–Trinajstić information content (AvgIpc) is 3.67. The molecule has 6 rings (SSSR count). The summed E-state index contributed by atoms with van der Waals surface area (Å²) in [7, 11) is 0. The van der Waals surface area contributed by atoms with Gasteiger partial charge >= 0.3 is 0 Å². The van der Waals surface area contributed by atoms with Crippen LogP contribution >= 0.6 is 11.3 Å². The quantitative estimate of drug-likeness (QED) is 0.253. The van der Waals surface area contributed by atoms with Gasteiger partial charge in [0.05, 0.1) is 16.9 Å². The number of carbonyl (C=O) groups is 2. The van der Waals surface area contributed by atoms with Gasteiger partial charge in [-0.05, 0) is 65.6 Å². The van der Waals surface area contributed by atoms with Gasteiger partial charge in [0.1, 0.15) is 11.5 Å². The van der Waals surface area contributed by atoms with E-state index in [9.17, 15) is 9.59 Å². The van der Waals surface area contributed by atoms with E-state index in [1.807, 2.05) is 57.4 Å². The van der Waals surface area contributed by atoms with Gasteiger partial charge < -0.3 is 16.0 Å². The molecule has 3 N–H and O–H groups in total. The van der Waals surface area contributed by atoms with E-state index in [0.29, 0.717) is 30.2 Å². The van der Waals surface area contributed by atoms with Gasteiger partial charge in [0.25, 0.3) is 5.91 Å². The number of pyridine rings is 1. The summed E-state index contributed by atoms with van der Waals surface area (Å²) in [5.74, 6) is 0.115. The van der Waals surface area contributed by atoms with Crippen molar-refractivity contribution in [1.29, 1.82) is 0 Å². The van der Waals surface area contributed by atoms with Gasteiger partial charge in [0.2, 0.25) is 5.91 Å². The highest BCUT2D eigenvalue weighted by Crippen LogP contribution is 2.40. The Labute approximate surface area is 235 Å². The molecule has 9 heteroatoms. The fraction of sp³-hybridized carbons (Fsp3) is 0.161. The zero-order valence-corrected chi connectivity index (χ0v) is 22.6. The van der Waals surface area contributed by atoms with Crippen molar-refractivity contribution in [3.63, 3.8) is 0 Å². The van der Waals surface area contributed by atoms with Gasteiger partial charge in [0.15, 0.2) is 0 Å². The van der Waals surface area contributed by atoms with Crippen molar-refractivity contribution in [2.75, 3.05) is 24.1 Å². The maximum atomic E-state index is 12.8. The number of likely N-dealkylation sites (tertiary alicyclic amines) is 1. The van der Waals surface area contributed by atoms with E-state index in [1.165, 1.54) is 6.08 Å². The SMILES string of the molecule is C=CC(=O)N1CCCC(n2nc(-c3ccc(C(=O)Nc4ccccc4)cc3)c3c(N)ncc(-c4ccsc4)c32)C1. The molecule has 40 heavy (non-hydrogen) atoms. The maximum absolute atomic E-state index is 12.8. The second kappa shape index (κ2) is 10.8. The molecular formula is C31H28N6O2S. The normalized spacial score (nSPS) is 15.2. The summed E-state index contributed by atoms with van der Waals surface area (Å²) in [6.45, 7) is 4.89. The van der Waals surface area contributed by atoms with Crippen LogP contribution in [0.4, 0.5) is 11.5 Å². The number of rotatable bonds is 6. The number of para-hydroxylation sites is 1. The minimum absolute atomic E-state index is 0.0380. The zero-order valence-electron chi connectivity index (χ0n) is 21.8. The molecule has 0 saturated carbocycles. The van der Waals surface area contributed by atoms with Crippen LogP contribution in [0.5, 0.6) is 0 Å². The molecule has 2 aromatic carbocycles. The number of fused-ring (bicyclic) bond motifs is 1. The lowest BCUT2D eigenvalue weighted by Crippen LogP contribution is -2.40. The number of nitrogens with zero attached hydrogens (tertiary/aromatic N) is 4. The lowest BCUT2D eigenvalue weighted by Gasteiger charge is -2.32. The third-order valence-electron chi connectivity index (χ3n) is 7.27. The number of nitrogens with two attached hydrogens (primary N) is 1. The van der Waals surface area contributed by atoms with Crippen molar-refractivity contribution in [2.45, 2.75) is 18.9 Å². The molecule has 5 aromatic rings. The van der Waals surface area contributed by atoms with Crippen molar-refractivity contribution in [3.05, 3.63) is 95.8 Å². The van der Waals surface area contributed by atoms with Crippen LogP contribution in [0.25, 0.3) is 33.3 Å². The standard InChI is InChI=1S/C31H28N6O2S/c1-2-26(38)36-15-6-9-24(18-36)37-29-25(22-14-16-40-19-22)17-33-30(32)27(29)28(35-37)20-10-12-21(13-11-20)31(39)34-23-7-4-3-5-8-23/h2-5,7-8,10-14,16-17,19,24H,1,6,9,15,18H2,(H2,32,33)(H,34,39). The Hall–Kier alpha value is -4.76. The summed E-state index contributed by atoms with van der Waals surface area (Å²) in [5.41, 5.74) is 12.2. The third kappa shape index (κ3) is 4.76. The predicted molar refractivity (Wildman–Crippen MR) is 160 cm³/mol. The van der Waals surface area contributed by atoms with Gasteiger partial charge in [-0.2, -0.15) is 16.4 Å². The number of aromatic nitrogens is 3. The largest absolute Gasteiger partial charge is 0.383 e. The number of benzene rings is 2. The average molecular weight is 549 g/mol. The van der Waals surface area contributed by atoms with Crippen LogP contribution in [-0.2, 0) is 4.79 Å². The smallest absolute Gasteiger partial charge is 0.255 e. The van der Waals surface area contributed by atoms with Gasteiger partial charge in [-0.15, -0.1) is 0 Å². The van der Waals surface area contributed by atoms with Crippen molar-refractivity contribution >= 4 is 45.6 Å². The molecule has 1 aliphatic heterocycles. The Bertz CT molecular complexity index is 1690. The molecule has 0 spiro atoms. The van der Waals surface area contributed by atoms with Crippen LogP contribution in [0, 0.1) is 0 Å². The third-order valence-corrected chi connectivity index (χ3v) is 7.95.